The van der Waals surface area contributed by atoms with E-state index < -0.39 is 0 Å². The molecule has 1 heteroatoms. The third-order valence-corrected chi connectivity index (χ3v) is 2.66. The van der Waals surface area contributed by atoms with Crippen molar-refractivity contribution in [2.75, 3.05) is 0 Å². The zero-order valence-electron chi connectivity index (χ0n) is 10.0. The van der Waals surface area contributed by atoms with Crippen molar-refractivity contribution in [3.05, 3.63) is 41.5 Å². The molecule has 82 valence electrons. The van der Waals surface area contributed by atoms with Gasteiger partial charge < -0.3 is 5.11 Å². The molecule has 0 saturated heterocycles. The van der Waals surface area contributed by atoms with E-state index in [0.717, 1.165) is 5.56 Å². The molecule has 0 bridgehead atoms. The molecule has 0 aliphatic heterocycles. The van der Waals surface area contributed by atoms with Gasteiger partial charge in [-0.2, -0.15) is 0 Å². The Morgan fingerprint density at radius 1 is 1.07 bits per heavy atom. The first-order valence-corrected chi connectivity index (χ1v) is 5.45. The molecule has 0 aliphatic carbocycles. The third kappa shape index (κ3) is 2.62. The van der Waals surface area contributed by atoms with Crippen LogP contribution in [-0.2, 0) is 0 Å². The Bertz CT molecular complexity index is 362. The summed E-state index contributed by atoms with van der Waals surface area (Å²) in [4.78, 5) is 0. The van der Waals surface area contributed by atoms with Gasteiger partial charge in [0.05, 0.1) is 0 Å². The van der Waals surface area contributed by atoms with Gasteiger partial charge in [-0.25, -0.2) is 0 Å². The van der Waals surface area contributed by atoms with E-state index in [2.05, 4.69) is 40.3 Å². The predicted molar refractivity (Wildman–Crippen MR) is 66.3 cm³/mol. The van der Waals surface area contributed by atoms with Crippen molar-refractivity contribution in [2.45, 2.75) is 39.5 Å². The molecule has 1 aromatic carbocycles. The van der Waals surface area contributed by atoms with Crippen LogP contribution in [0.15, 0.2) is 24.8 Å². The SMILES string of the molecule is C=C(O)c1ccc(C(C)C)c(C(C)C)c1. The van der Waals surface area contributed by atoms with E-state index in [1.54, 1.807) is 0 Å². The van der Waals surface area contributed by atoms with Gasteiger partial charge in [-0.3, -0.25) is 0 Å². The van der Waals surface area contributed by atoms with Crippen molar-refractivity contribution in [3.8, 4) is 0 Å². The molecule has 0 saturated carbocycles. The van der Waals surface area contributed by atoms with Gasteiger partial charge in [0.2, 0.25) is 0 Å². The van der Waals surface area contributed by atoms with E-state index in [4.69, 9.17) is 0 Å². The van der Waals surface area contributed by atoms with Crippen LogP contribution in [-0.4, -0.2) is 5.11 Å². The zero-order chi connectivity index (χ0) is 11.6. The number of aliphatic hydroxyl groups is 1. The molecule has 0 aromatic heterocycles. The quantitative estimate of drug-likeness (QED) is 0.720. The summed E-state index contributed by atoms with van der Waals surface area (Å²) in [6.07, 6.45) is 0. The Hall–Kier alpha value is -1.24. The molecule has 0 spiro atoms. The third-order valence-electron chi connectivity index (χ3n) is 2.66. The van der Waals surface area contributed by atoms with E-state index in [0.29, 0.717) is 11.8 Å². The lowest BCUT2D eigenvalue weighted by Gasteiger charge is -2.17. The van der Waals surface area contributed by atoms with Gasteiger partial charge >= 0.3 is 0 Å². The molecule has 1 N–H and O–H groups in total. The van der Waals surface area contributed by atoms with Gasteiger partial charge in [0.25, 0.3) is 0 Å². The fourth-order valence-corrected chi connectivity index (χ4v) is 1.78. The Labute approximate surface area is 92.5 Å². The van der Waals surface area contributed by atoms with Crippen LogP contribution in [0, 0.1) is 0 Å². The molecular weight excluding hydrogens is 184 g/mol. The largest absolute Gasteiger partial charge is 0.508 e. The van der Waals surface area contributed by atoms with Gasteiger partial charge in [0, 0.05) is 5.56 Å². The molecule has 0 amide bonds. The first kappa shape index (κ1) is 11.8. The molecule has 0 fully saturated rings. The summed E-state index contributed by atoms with van der Waals surface area (Å²) in [5.41, 5.74) is 3.48. The van der Waals surface area contributed by atoms with Gasteiger partial charge in [-0.15, -0.1) is 0 Å². The summed E-state index contributed by atoms with van der Waals surface area (Å²) >= 11 is 0. The van der Waals surface area contributed by atoms with Gasteiger partial charge in [-0.1, -0.05) is 46.4 Å². The molecule has 0 aliphatic rings. The second-order valence-corrected chi connectivity index (χ2v) is 4.60. The molecule has 0 unspecified atom stereocenters. The van der Waals surface area contributed by atoms with E-state index in [1.165, 1.54) is 11.1 Å². The number of benzene rings is 1. The highest BCUT2D eigenvalue weighted by Gasteiger charge is 2.11. The maximum absolute atomic E-state index is 9.36. The van der Waals surface area contributed by atoms with Crippen LogP contribution in [0.1, 0.15) is 56.2 Å². The molecule has 0 heterocycles. The number of hydrogen-bond donors (Lipinski definition) is 1. The predicted octanol–water partition coefficient (Wildman–Crippen LogP) is 4.46. The normalized spacial score (nSPS) is 11.1. The molecule has 1 nitrogen and oxygen atoms in total. The molecule has 1 rings (SSSR count). The molecule has 15 heavy (non-hydrogen) atoms. The maximum Gasteiger partial charge on any atom is 0.115 e. The first-order valence-electron chi connectivity index (χ1n) is 5.45. The Morgan fingerprint density at radius 3 is 2.00 bits per heavy atom. The minimum Gasteiger partial charge on any atom is -0.508 e. The standard InChI is InChI=1S/C14H20O/c1-9(2)13-7-6-12(11(5)15)8-14(13)10(3)4/h6-10,15H,5H2,1-4H3. The van der Waals surface area contributed by atoms with E-state index in [-0.39, 0.29) is 5.76 Å². The lowest BCUT2D eigenvalue weighted by atomic mass is 9.89. The van der Waals surface area contributed by atoms with Crippen molar-refractivity contribution in [1.29, 1.82) is 0 Å². The smallest absolute Gasteiger partial charge is 0.115 e. The second kappa shape index (κ2) is 4.52. The molecule has 1 aromatic rings. The maximum atomic E-state index is 9.36. The van der Waals surface area contributed by atoms with Crippen LogP contribution >= 0.6 is 0 Å². The lowest BCUT2D eigenvalue weighted by molar-refractivity contribution is 0.513. The number of aliphatic hydroxyl groups excluding tert-OH is 1. The highest BCUT2D eigenvalue weighted by molar-refractivity contribution is 5.58. The topological polar surface area (TPSA) is 20.2 Å². The summed E-state index contributed by atoms with van der Waals surface area (Å²) in [5, 5.41) is 9.36. The summed E-state index contributed by atoms with van der Waals surface area (Å²) in [7, 11) is 0. The highest BCUT2D eigenvalue weighted by atomic mass is 16.3. The lowest BCUT2D eigenvalue weighted by Crippen LogP contribution is -1.99. The van der Waals surface area contributed by atoms with Crippen molar-refractivity contribution in [3.63, 3.8) is 0 Å². The summed E-state index contributed by atoms with van der Waals surface area (Å²) < 4.78 is 0. The van der Waals surface area contributed by atoms with E-state index in [1.807, 2.05) is 12.1 Å². The highest BCUT2D eigenvalue weighted by Crippen LogP contribution is 2.28. The van der Waals surface area contributed by atoms with Crippen LogP contribution in [0.25, 0.3) is 5.76 Å². The van der Waals surface area contributed by atoms with Crippen LogP contribution in [0.5, 0.6) is 0 Å². The van der Waals surface area contributed by atoms with Crippen LogP contribution in [0.3, 0.4) is 0 Å². The monoisotopic (exact) mass is 204 g/mol. The average molecular weight is 204 g/mol. The van der Waals surface area contributed by atoms with Crippen molar-refractivity contribution in [1.82, 2.24) is 0 Å². The summed E-state index contributed by atoms with van der Waals surface area (Å²) in [6, 6.07) is 6.07. The minimum atomic E-state index is 0.146. The zero-order valence-corrected chi connectivity index (χ0v) is 10.0. The van der Waals surface area contributed by atoms with E-state index >= 15 is 0 Å². The van der Waals surface area contributed by atoms with E-state index in [9.17, 15) is 5.11 Å². The van der Waals surface area contributed by atoms with Gasteiger partial charge in [0.1, 0.15) is 5.76 Å². The fraction of sp³-hybridized carbons (Fsp3) is 0.429. The number of rotatable bonds is 3. The molecular formula is C14H20O. The number of hydrogen-bond acceptors (Lipinski definition) is 1. The minimum absolute atomic E-state index is 0.146. The average Bonchev–Trinajstić information content (AvgIpc) is 2.16. The Morgan fingerprint density at radius 2 is 1.60 bits per heavy atom. The van der Waals surface area contributed by atoms with Crippen molar-refractivity contribution in [2.24, 2.45) is 0 Å². The Kier molecular flexibility index (Phi) is 3.57. The van der Waals surface area contributed by atoms with Crippen LogP contribution in [0.2, 0.25) is 0 Å². The van der Waals surface area contributed by atoms with Crippen LogP contribution in [0.4, 0.5) is 0 Å². The summed E-state index contributed by atoms with van der Waals surface area (Å²) in [6.45, 7) is 12.3. The Balaban J connectivity index is 3.27. The van der Waals surface area contributed by atoms with Gasteiger partial charge in [0.15, 0.2) is 0 Å². The van der Waals surface area contributed by atoms with Crippen molar-refractivity contribution < 1.29 is 5.11 Å². The molecule has 0 atom stereocenters. The van der Waals surface area contributed by atoms with Gasteiger partial charge in [-0.05, 0) is 29.0 Å². The summed E-state index contributed by atoms with van der Waals surface area (Å²) in [5.74, 6) is 1.14. The molecule has 0 radical (unpaired) electrons. The fourth-order valence-electron chi connectivity index (χ4n) is 1.78. The van der Waals surface area contributed by atoms with Crippen LogP contribution < -0.4 is 0 Å². The first-order chi connectivity index (χ1) is 6.93. The second-order valence-electron chi connectivity index (χ2n) is 4.60. The van der Waals surface area contributed by atoms with Crippen molar-refractivity contribution >= 4 is 5.76 Å².